The zero-order chi connectivity index (χ0) is 41.5. The van der Waals surface area contributed by atoms with E-state index in [9.17, 15) is 36.2 Å². The molecule has 0 amide bonds. The van der Waals surface area contributed by atoms with E-state index in [0.717, 1.165) is 0 Å². The van der Waals surface area contributed by atoms with Crippen molar-refractivity contribution in [1.82, 2.24) is 29.9 Å². The predicted molar refractivity (Wildman–Crippen MR) is 219 cm³/mol. The molecule has 2 aromatic heterocycles. The Balaban J connectivity index is 1.52. The third-order valence-electron chi connectivity index (χ3n) is 7.81. The molecule has 58 heavy (non-hydrogen) atoms. The summed E-state index contributed by atoms with van der Waals surface area (Å²) in [5, 5.41) is 38.3. The normalized spacial score (nSPS) is 11.6. The van der Waals surface area contributed by atoms with Gasteiger partial charge in [0.2, 0.25) is 35.7 Å². The standard InChI is InChI=1S/C36H36N12O8S2/c1-3-37-31-43-33(39-23-12-6-8-14-26(23)49)47-35(45-31)41-25-20-19-22(18-17-21-11-5-10-16-28(21)57(51,52)53)30(58(54,55)56)29(25)42-36-46-32(38-4-2)44-34(48-36)40-24-13-7-9-15-27(24)50/h5-20,49-50H,3-4H2,1-2H3,(H,51,52,53)(H,54,55,56)(H3,37,39,41,43,45,47)(H3,38,40,42,44,46,48). The van der Waals surface area contributed by atoms with Crippen LogP contribution in [0, 0.1) is 0 Å². The highest BCUT2D eigenvalue weighted by Crippen LogP contribution is 2.38. The van der Waals surface area contributed by atoms with Crippen molar-refractivity contribution < 1.29 is 36.2 Å². The smallest absolute Gasteiger partial charge is 0.297 e. The largest absolute Gasteiger partial charge is 0.506 e. The van der Waals surface area contributed by atoms with Crippen LogP contribution in [0.3, 0.4) is 0 Å². The van der Waals surface area contributed by atoms with Gasteiger partial charge in [0.1, 0.15) is 21.3 Å². The Bertz CT molecular complexity index is 2720. The van der Waals surface area contributed by atoms with E-state index in [4.69, 9.17) is 0 Å². The van der Waals surface area contributed by atoms with Crippen molar-refractivity contribution in [3.8, 4) is 11.5 Å². The van der Waals surface area contributed by atoms with Crippen molar-refractivity contribution in [1.29, 1.82) is 0 Å². The number of nitrogens with one attached hydrogen (secondary N) is 6. The average Bonchev–Trinajstić information content (AvgIpc) is 3.16. The summed E-state index contributed by atoms with van der Waals surface area (Å²) < 4.78 is 71.6. The van der Waals surface area contributed by atoms with Crippen LogP contribution in [-0.4, -0.2) is 79.1 Å². The SMILES string of the molecule is CCNc1nc(Nc2ccccc2O)nc(Nc2ccc(C=Cc3ccccc3S(=O)(=O)O)c(S(=O)(=O)O)c2Nc2nc(NCC)nc(Nc3ccccc3O)n2)n1. The van der Waals surface area contributed by atoms with Crippen LogP contribution >= 0.6 is 0 Å². The molecule has 6 aromatic rings. The number of benzene rings is 4. The maximum absolute atomic E-state index is 13.4. The zero-order valence-electron chi connectivity index (χ0n) is 30.6. The van der Waals surface area contributed by atoms with Crippen molar-refractivity contribution >= 4 is 90.8 Å². The molecule has 22 heteroatoms. The molecule has 0 radical (unpaired) electrons. The molecule has 4 aromatic carbocycles. The maximum atomic E-state index is 13.4. The molecule has 0 aliphatic heterocycles. The molecule has 10 N–H and O–H groups in total. The summed E-state index contributed by atoms with van der Waals surface area (Å²) >= 11 is 0. The van der Waals surface area contributed by atoms with Crippen molar-refractivity contribution in [3.05, 3.63) is 96.1 Å². The van der Waals surface area contributed by atoms with Crippen LogP contribution in [0.15, 0.2) is 94.7 Å². The fourth-order valence-electron chi connectivity index (χ4n) is 5.35. The molecule has 0 aliphatic rings. The second kappa shape index (κ2) is 17.3. The van der Waals surface area contributed by atoms with Crippen LogP contribution in [0.25, 0.3) is 12.2 Å². The second-order valence-corrected chi connectivity index (χ2v) is 14.7. The van der Waals surface area contributed by atoms with Crippen LogP contribution in [0.5, 0.6) is 11.5 Å². The summed E-state index contributed by atoms with van der Waals surface area (Å²) in [6, 6.07) is 20.9. The molecule has 2 heterocycles. The molecule has 0 atom stereocenters. The van der Waals surface area contributed by atoms with Gasteiger partial charge in [-0.1, -0.05) is 60.7 Å². The topological polar surface area (TPSA) is 299 Å². The number of rotatable bonds is 16. The molecular weight excluding hydrogens is 793 g/mol. The van der Waals surface area contributed by atoms with Gasteiger partial charge >= 0.3 is 0 Å². The van der Waals surface area contributed by atoms with Crippen LogP contribution in [0.2, 0.25) is 0 Å². The third kappa shape index (κ3) is 9.99. The monoisotopic (exact) mass is 828 g/mol. The lowest BCUT2D eigenvalue weighted by Gasteiger charge is -2.19. The highest BCUT2D eigenvalue weighted by molar-refractivity contribution is 7.86. The van der Waals surface area contributed by atoms with Gasteiger partial charge in [0, 0.05) is 13.1 Å². The predicted octanol–water partition coefficient (Wildman–Crippen LogP) is 5.97. The summed E-state index contributed by atoms with van der Waals surface area (Å²) in [6.45, 7) is 4.39. The van der Waals surface area contributed by atoms with Gasteiger partial charge in [0.05, 0.1) is 22.7 Å². The number of hydrogen-bond acceptors (Lipinski definition) is 18. The minimum atomic E-state index is -5.16. The Labute approximate surface area is 332 Å². The zero-order valence-corrected chi connectivity index (χ0v) is 32.2. The van der Waals surface area contributed by atoms with Crippen molar-refractivity contribution in [2.45, 2.75) is 23.6 Å². The number of aromatic nitrogens is 6. The molecule has 6 rings (SSSR count). The Kier molecular flexibility index (Phi) is 12.1. The van der Waals surface area contributed by atoms with Crippen LogP contribution in [-0.2, 0) is 20.2 Å². The summed E-state index contributed by atoms with van der Waals surface area (Å²) in [4.78, 5) is 25.1. The van der Waals surface area contributed by atoms with E-state index in [1.54, 1.807) is 43.3 Å². The number of hydrogen-bond donors (Lipinski definition) is 10. The Morgan fingerprint density at radius 3 is 1.41 bits per heavy atom. The van der Waals surface area contributed by atoms with Gasteiger partial charge < -0.3 is 42.1 Å². The van der Waals surface area contributed by atoms with Crippen LogP contribution in [0.4, 0.5) is 58.4 Å². The maximum Gasteiger partial charge on any atom is 0.297 e. The van der Waals surface area contributed by atoms with Gasteiger partial charge in [0.25, 0.3) is 20.2 Å². The lowest BCUT2D eigenvalue weighted by molar-refractivity contribution is 0.477. The number of phenolic OH excluding ortho intramolecular Hbond substituents is 2. The molecule has 0 aliphatic carbocycles. The molecule has 20 nitrogen and oxygen atoms in total. The van der Waals surface area contributed by atoms with E-state index in [-0.39, 0.29) is 81.1 Å². The van der Waals surface area contributed by atoms with E-state index >= 15 is 0 Å². The Morgan fingerprint density at radius 1 is 0.500 bits per heavy atom. The highest BCUT2D eigenvalue weighted by atomic mass is 32.2. The molecular formula is C36H36N12O8S2. The lowest BCUT2D eigenvalue weighted by Crippen LogP contribution is -2.14. The van der Waals surface area contributed by atoms with Gasteiger partial charge in [-0.2, -0.15) is 46.7 Å². The first-order valence-corrected chi connectivity index (χ1v) is 20.1. The van der Waals surface area contributed by atoms with Crippen molar-refractivity contribution in [3.63, 3.8) is 0 Å². The highest BCUT2D eigenvalue weighted by Gasteiger charge is 2.25. The van der Waals surface area contributed by atoms with E-state index in [2.05, 4.69) is 61.8 Å². The van der Waals surface area contributed by atoms with Gasteiger partial charge in [-0.3, -0.25) is 9.11 Å². The average molecular weight is 829 g/mol. The molecule has 0 unspecified atom stereocenters. The minimum Gasteiger partial charge on any atom is -0.506 e. The first kappa shape index (κ1) is 40.5. The first-order chi connectivity index (χ1) is 27.7. The molecule has 0 saturated heterocycles. The van der Waals surface area contributed by atoms with Gasteiger partial charge in [0.15, 0.2) is 0 Å². The Hall–Kier alpha value is -7.14. The van der Waals surface area contributed by atoms with Crippen molar-refractivity contribution in [2.24, 2.45) is 0 Å². The molecule has 0 fully saturated rings. The van der Waals surface area contributed by atoms with E-state index < -0.39 is 30.0 Å². The fraction of sp³-hybridized carbons (Fsp3) is 0.111. The minimum absolute atomic E-state index is 0.0100. The van der Waals surface area contributed by atoms with Gasteiger partial charge in [-0.25, -0.2) is 0 Å². The number of phenols is 2. The van der Waals surface area contributed by atoms with Gasteiger partial charge in [-0.05, 0) is 61.4 Å². The summed E-state index contributed by atoms with van der Waals surface area (Å²) in [6.07, 6.45) is 2.47. The summed E-state index contributed by atoms with van der Waals surface area (Å²) in [5.41, 5.74) is 0.0482. The number of aromatic hydroxyl groups is 2. The van der Waals surface area contributed by atoms with E-state index in [1.165, 1.54) is 60.7 Å². The van der Waals surface area contributed by atoms with Gasteiger partial charge in [-0.15, -0.1) is 0 Å². The number of nitrogens with zero attached hydrogens (tertiary/aromatic N) is 6. The fourth-order valence-corrected chi connectivity index (χ4v) is 6.89. The lowest BCUT2D eigenvalue weighted by atomic mass is 10.1. The first-order valence-electron chi connectivity index (χ1n) is 17.2. The third-order valence-corrected chi connectivity index (χ3v) is 9.69. The summed E-state index contributed by atoms with van der Waals surface area (Å²) in [7, 11) is -9.83. The molecule has 0 bridgehead atoms. The molecule has 0 spiro atoms. The van der Waals surface area contributed by atoms with E-state index in [1.807, 2.05) is 6.92 Å². The number of anilines is 10. The van der Waals surface area contributed by atoms with Crippen LogP contribution < -0.4 is 31.9 Å². The molecule has 0 saturated carbocycles. The number of para-hydroxylation sites is 4. The molecule has 300 valence electrons. The van der Waals surface area contributed by atoms with Crippen LogP contribution in [0.1, 0.15) is 25.0 Å². The second-order valence-electron chi connectivity index (χ2n) is 11.9. The summed E-state index contributed by atoms with van der Waals surface area (Å²) in [5.74, 6) is -0.473. The van der Waals surface area contributed by atoms with Crippen molar-refractivity contribution in [2.75, 3.05) is 45.0 Å². The van der Waals surface area contributed by atoms with E-state index in [0.29, 0.717) is 13.1 Å². The quantitative estimate of drug-likeness (QED) is 0.0305. The Morgan fingerprint density at radius 2 is 0.931 bits per heavy atom.